The molecule has 1 aromatic heterocycles. The normalized spacial score (nSPS) is 15.4. The number of hydrogen-bond acceptors (Lipinski definition) is 7. The van der Waals surface area contributed by atoms with Crippen LogP contribution in [0.5, 0.6) is 0 Å². The van der Waals surface area contributed by atoms with Gasteiger partial charge in [0.15, 0.2) is 9.84 Å². The van der Waals surface area contributed by atoms with Crippen molar-refractivity contribution >= 4 is 49.5 Å². The van der Waals surface area contributed by atoms with Gasteiger partial charge >= 0.3 is 0 Å². The molecule has 0 radical (unpaired) electrons. The lowest BCUT2D eigenvalue weighted by Gasteiger charge is -2.33. The van der Waals surface area contributed by atoms with Gasteiger partial charge in [0, 0.05) is 42.7 Å². The lowest BCUT2D eigenvalue weighted by Crippen LogP contribution is -2.47. The minimum absolute atomic E-state index is 0.0443. The number of sulfone groups is 1. The Morgan fingerprint density at radius 3 is 2.58 bits per heavy atom. The monoisotopic (exact) mass is 508 g/mol. The van der Waals surface area contributed by atoms with E-state index >= 15 is 0 Å². The van der Waals surface area contributed by atoms with Gasteiger partial charge < -0.3 is 14.6 Å². The van der Waals surface area contributed by atoms with Crippen LogP contribution in [0.15, 0.2) is 58.0 Å². The molecule has 1 saturated heterocycles. The largest absolute Gasteiger partial charge is 0.395 e. The van der Waals surface area contributed by atoms with E-state index in [9.17, 15) is 13.2 Å². The number of aromatic nitrogens is 1. The highest BCUT2D eigenvalue weighted by Gasteiger charge is 2.23. The molecule has 0 saturated carbocycles. The van der Waals surface area contributed by atoms with E-state index in [-0.39, 0.29) is 29.6 Å². The van der Waals surface area contributed by atoms with Gasteiger partial charge in [-0.25, -0.2) is 8.42 Å². The van der Waals surface area contributed by atoms with Crippen LogP contribution in [0.2, 0.25) is 5.02 Å². The summed E-state index contributed by atoms with van der Waals surface area (Å²) in [6, 6.07) is 10.2. The summed E-state index contributed by atoms with van der Waals surface area (Å²) in [5.41, 5.74) is 0. The Balaban J connectivity index is 1.33. The third-order valence-corrected chi connectivity index (χ3v) is 8.29. The fraction of sp³-hybridized carbons (Fsp3) is 0.364. The Kier molecular flexibility index (Phi) is 7.38. The van der Waals surface area contributed by atoms with Crippen molar-refractivity contribution < 1.29 is 18.3 Å². The van der Waals surface area contributed by atoms with Crippen LogP contribution in [-0.2, 0) is 21.2 Å². The molecule has 1 aliphatic rings. The number of hydrogen-bond donors (Lipinski definition) is 1. The van der Waals surface area contributed by atoms with E-state index in [4.69, 9.17) is 16.7 Å². The molecule has 0 spiro atoms. The van der Waals surface area contributed by atoms with Crippen molar-refractivity contribution in [3.8, 4) is 0 Å². The number of nitrogens with zero attached hydrogens (tertiary/aromatic N) is 4. The van der Waals surface area contributed by atoms with Gasteiger partial charge in [0.05, 0.1) is 30.3 Å². The summed E-state index contributed by atoms with van der Waals surface area (Å²) in [5.74, 6) is -0.399. The molecule has 0 unspecified atom stereocenters. The van der Waals surface area contributed by atoms with Gasteiger partial charge in [0.25, 0.3) is 0 Å². The smallest absolute Gasteiger partial charge is 0.223 e. The summed E-state index contributed by atoms with van der Waals surface area (Å²) < 4.78 is 27.5. The predicted molar refractivity (Wildman–Crippen MR) is 129 cm³/mol. The van der Waals surface area contributed by atoms with Gasteiger partial charge in [0.1, 0.15) is 0 Å². The predicted octanol–water partition coefficient (Wildman–Crippen LogP) is 2.17. The number of aliphatic hydroxyl groups is 1. The first-order valence-corrected chi connectivity index (χ1v) is 13.5. The minimum atomic E-state index is -3.58. The number of amides is 1. The van der Waals surface area contributed by atoms with Gasteiger partial charge in [0.2, 0.25) is 10.7 Å². The number of carbonyl (C=O) groups is 1. The molecule has 3 aromatic rings. The van der Waals surface area contributed by atoms with Gasteiger partial charge in [-0.3, -0.25) is 9.80 Å². The minimum Gasteiger partial charge on any atom is -0.395 e. The van der Waals surface area contributed by atoms with Crippen molar-refractivity contribution in [3.63, 3.8) is 0 Å². The van der Waals surface area contributed by atoms with E-state index in [1.54, 1.807) is 41.3 Å². The molecule has 2 heterocycles. The van der Waals surface area contributed by atoms with Crippen LogP contribution >= 0.6 is 22.9 Å². The maximum atomic E-state index is 12.8. The van der Waals surface area contributed by atoms with Gasteiger partial charge in [-0.15, -0.1) is 16.4 Å². The summed E-state index contributed by atoms with van der Waals surface area (Å²) in [6.45, 7) is 2.66. The van der Waals surface area contributed by atoms with Crippen molar-refractivity contribution in [2.45, 2.75) is 17.9 Å². The first-order chi connectivity index (χ1) is 15.9. The zero-order valence-corrected chi connectivity index (χ0v) is 20.3. The molecule has 11 heteroatoms. The molecule has 1 aliphatic heterocycles. The molecule has 1 N–H and O–H groups in total. The maximum Gasteiger partial charge on any atom is 0.223 e. The number of benzene rings is 2. The van der Waals surface area contributed by atoms with Crippen LogP contribution in [0.3, 0.4) is 0 Å². The van der Waals surface area contributed by atoms with Crippen LogP contribution in [0.1, 0.15) is 6.42 Å². The topological polar surface area (TPSA) is 95.2 Å². The quantitative estimate of drug-likeness (QED) is 0.527. The molecule has 2 aromatic carbocycles. The van der Waals surface area contributed by atoms with E-state index in [2.05, 4.69) is 5.10 Å². The second-order valence-corrected chi connectivity index (χ2v) is 11.2. The van der Waals surface area contributed by atoms with E-state index in [1.165, 1.54) is 11.3 Å². The van der Waals surface area contributed by atoms with Crippen LogP contribution in [-0.4, -0.2) is 72.4 Å². The average molecular weight is 509 g/mol. The van der Waals surface area contributed by atoms with Crippen LogP contribution in [0.25, 0.3) is 10.8 Å². The highest BCUT2D eigenvalue weighted by atomic mass is 35.5. The second-order valence-electron chi connectivity index (χ2n) is 7.76. The lowest BCUT2D eigenvalue weighted by molar-refractivity contribution is -0.132. The van der Waals surface area contributed by atoms with Gasteiger partial charge in [-0.2, -0.15) is 0 Å². The molecule has 1 amide bonds. The molecule has 0 bridgehead atoms. The zero-order valence-electron chi connectivity index (χ0n) is 17.9. The SMILES string of the molecule is O=C(CCS(=O)(=O)c1ccc2cc(Cl)ccc2c1)N1CCN(/N=c2\sccn2CCO)CC1. The van der Waals surface area contributed by atoms with Crippen LogP contribution in [0.4, 0.5) is 0 Å². The highest BCUT2D eigenvalue weighted by Crippen LogP contribution is 2.23. The summed E-state index contributed by atoms with van der Waals surface area (Å²) in [7, 11) is -3.58. The standard InChI is InChI=1S/C22H25ClN4O4S2/c23-19-3-1-18-16-20(4-2-17(18)15-19)33(30,31)14-5-21(29)25-6-8-27(9-7-25)24-22-26(10-12-28)11-13-32-22/h1-4,11,13,15-16,28H,5-10,12,14H2/b24-22-. The lowest BCUT2D eigenvalue weighted by atomic mass is 10.1. The number of halogens is 1. The zero-order chi connectivity index (χ0) is 23.4. The molecular formula is C22H25ClN4O4S2. The Morgan fingerprint density at radius 1 is 1.09 bits per heavy atom. The second kappa shape index (κ2) is 10.3. The van der Waals surface area contributed by atoms with E-state index in [1.807, 2.05) is 21.2 Å². The van der Waals surface area contributed by atoms with Crippen LogP contribution < -0.4 is 4.80 Å². The summed E-state index contributed by atoms with van der Waals surface area (Å²) in [6.07, 6.45) is 1.82. The van der Waals surface area contributed by atoms with Crippen molar-refractivity contribution in [3.05, 3.63) is 57.8 Å². The van der Waals surface area contributed by atoms with Crippen molar-refractivity contribution in [1.82, 2.24) is 14.5 Å². The fourth-order valence-electron chi connectivity index (χ4n) is 3.71. The molecule has 0 atom stereocenters. The molecule has 0 aliphatic carbocycles. The first kappa shape index (κ1) is 23.7. The van der Waals surface area contributed by atoms with Gasteiger partial charge in [-0.05, 0) is 35.0 Å². The first-order valence-electron chi connectivity index (χ1n) is 10.6. The summed E-state index contributed by atoms with van der Waals surface area (Å²) >= 11 is 7.48. The number of carbonyl (C=O) groups excluding carboxylic acids is 1. The molecule has 33 heavy (non-hydrogen) atoms. The number of rotatable bonds is 7. The van der Waals surface area contributed by atoms with Crippen molar-refractivity contribution in [2.24, 2.45) is 5.10 Å². The van der Waals surface area contributed by atoms with Crippen LogP contribution in [0, 0.1) is 0 Å². The Morgan fingerprint density at radius 2 is 1.82 bits per heavy atom. The number of thiazole rings is 1. The average Bonchev–Trinajstić information content (AvgIpc) is 3.24. The summed E-state index contributed by atoms with van der Waals surface area (Å²) in [4.78, 5) is 15.4. The summed E-state index contributed by atoms with van der Waals surface area (Å²) in [5, 5.41) is 19.8. The third-order valence-electron chi connectivity index (χ3n) is 5.55. The van der Waals surface area contributed by atoms with Crippen molar-refractivity contribution in [1.29, 1.82) is 0 Å². The van der Waals surface area contributed by atoms with Gasteiger partial charge in [-0.1, -0.05) is 23.7 Å². The van der Waals surface area contributed by atoms with E-state index in [0.717, 1.165) is 15.6 Å². The third kappa shape index (κ3) is 5.75. The highest BCUT2D eigenvalue weighted by molar-refractivity contribution is 7.91. The molecule has 176 valence electrons. The number of aliphatic hydroxyl groups excluding tert-OH is 1. The Hall–Kier alpha value is -2.40. The Bertz CT molecular complexity index is 1310. The fourth-order valence-corrected chi connectivity index (χ4v) is 5.93. The van der Waals surface area contributed by atoms with Crippen molar-refractivity contribution in [2.75, 3.05) is 38.5 Å². The number of piperazine rings is 1. The van der Waals surface area contributed by atoms with E-state index < -0.39 is 9.84 Å². The molecular weight excluding hydrogens is 484 g/mol. The maximum absolute atomic E-state index is 12.8. The number of fused-ring (bicyclic) bond motifs is 1. The molecule has 8 nitrogen and oxygen atoms in total. The molecule has 1 fully saturated rings. The van der Waals surface area contributed by atoms with E-state index in [0.29, 0.717) is 37.7 Å². The molecule has 4 rings (SSSR count). The Labute approximate surface area is 201 Å².